The van der Waals surface area contributed by atoms with Gasteiger partial charge in [0.2, 0.25) is 0 Å². The van der Waals surface area contributed by atoms with Crippen molar-refractivity contribution in [2.45, 2.75) is 19.9 Å². The van der Waals surface area contributed by atoms with E-state index < -0.39 is 0 Å². The van der Waals surface area contributed by atoms with Crippen molar-refractivity contribution in [2.75, 3.05) is 13.2 Å². The zero-order valence-corrected chi connectivity index (χ0v) is 6.89. The molecule has 2 amide bonds. The number of nitrogens with two attached hydrogens (primary N) is 1. The van der Waals surface area contributed by atoms with Crippen LogP contribution in [0.1, 0.15) is 13.8 Å². The summed E-state index contributed by atoms with van der Waals surface area (Å²) in [6, 6.07) is -0.0501. The molecular formula is C6H15N3O2. The molecule has 0 aliphatic heterocycles. The van der Waals surface area contributed by atoms with E-state index in [0.717, 1.165) is 0 Å². The van der Waals surface area contributed by atoms with Crippen LogP contribution < -0.4 is 16.5 Å². The van der Waals surface area contributed by atoms with E-state index in [9.17, 15) is 4.79 Å². The Morgan fingerprint density at radius 2 is 2.27 bits per heavy atom. The van der Waals surface area contributed by atoms with E-state index in [1.54, 1.807) is 0 Å². The number of amides is 2. The van der Waals surface area contributed by atoms with Gasteiger partial charge in [0.25, 0.3) is 0 Å². The first-order valence-corrected chi connectivity index (χ1v) is 3.53. The predicted molar refractivity (Wildman–Crippen MR) is 41.8 cm³/mol. The third-order valence-electron chi connectivity index (χ3n) is 0.925. The fraction of sp³-hybridized carbons (Fsp3) is 0.833. The van der Waals surface area contributed by atoms with Gasteiger partial charge >= 0.3 is 6.03 Å². The molecule has 5 nitrogen and oxygen atoms in total. The smallest absolute Gasteiger partial charge is 0.315 e. The van der Waals surface area contributed by atoms with Crippen molar-refractivity contribution in [3.05, 3.63) is 0 Å². The highest BCUT2D eigenvalue weighted by atomic mass is 16.6. The molecule has 0 fully saturated rings. The lowest BCUT2D eigenvalue weighted by molar-refractivity contribution is 0.140. The zero-order chi connectivity index (χ0) is 8.69. The summed E-state index contributed by atoms with van der Waals surface area (Å²) in [5.74, 6) is 4.74. The fourth-order valence-electron chi connectivity index (χ4n) is 0.537. The molecule has 4 N–H and O–H groups in total. The molecule has 0 radical (unpaired) electrons. The normalized spacial score (nSPS) is 9.82. The van der Waals surface area contributed by atoms with Gasteiger partial charge in [-0.3, -0.25) is 0 Å². The molecule has 0 aromatic heterocycles. The van der Waals surface area contributed by atoms with Gasteiger partial charge in [0.15, 0.2) is 0 Å². The number of hydrogen-bond donors (Lipinski definition) is 3. The first kappa shape index (κ1) is 10.2. The minimum atomic E-state index is -0.197. The average molecular weight is 161 g/mol. The lowest BCUT2D eigenvalue weighted by Gasteiger charge is -2.08. The van der Waals surface area contributed by atoms with Gasteiger partial charge in [-0.05, 0) is 13.8 Å². The highest BCUT2D eigenvalue weighted by molar-refractivity contribution is 5.73. The van der Waals surface area contributed by atoms with E-state index in [2.05, 4.69) is 15.5 Å². The van der Waals surface area contributed by atoms with Gasteiger partial charge in [0.1, 0.15) is 0 Å². The Labute approximate surface area is 66.2 Å². The first-order valence-electron chi connectivity index (χ1n) is 3.53. The third-order valence-corrected chi connectivity index (χ3v) is 0.925. The number of carbonyl (C=O) groups is 1. The largest absolute Gasteiger partial charge is 0.336 e. The van der Waals surface area contributed by atoms with Crippen LogP contribution in [0.25, 0.3) is 0 Å². The van der Waals surface area contributed by atoms with Gasteiger partial charge in [-0.15, -0.1) is 0 Å². The quantitative estimate of drug-likeness (QED) is 0.387. The van der Waals surface area contributed by atoms with Crippen LogP contribution in [0.4, 0.5) is 4.79 Å². The lowest BCUT2D eigenvalue weighted by Crippen LogP contribution is -2.40. The molecule has 66 valence electrons. The maximum atomic E-state index is 10.8. The molecule has 0 heterocycles. The molecule has 0 unspecified atom stereocenters. The summed E-state index contributed by atoms with van der Waals surface area (Å²) in [4.78, 5) is 15.1. The number of nitrogens with one attached hydrogen (secondary N) is 2. The average Bonchev–Trinajstić information content (AvgIpc) is 1.86. The molecule has 0 aliphatic rings. The topological polar surface area (TPSA) is 76.4 Å². The predicted octanol–water partition coefficient (Wildman–Crippen LogP) is -0.416. The highest BCUT2D eigenvalue weighted by Crippen LogP contribution is 1.75. The second-order valence-electron chi connectivity index (χ2n) is 2.43. The minimum absolute atomic E-state index is 0.147. The van der Waals surface area contributed by atoms with Crippen LogP contribution in [0.5, 0.6) is 0 Å². The lowest BCUT2D eigenvalue weighted by atomic mass is 10.4. The highest BCUT2D eigenvalue weighted by Gasteiger charge is 1.99. The SMILES string of the molecule is CC(C)NC(=O)NCCON. The standard InChI is InChI=1S/C6H15N3O2/c1-5(2)9-6(10)8-3-4-11-7/h5H,3-4,7H2,1-2H3,(H2,8,9,10). The molecule has 0 saturated carbocycles. The monoisotopic (exact) mass is 161 g/mol. The second-order valence-corrected chi connectivity index (χ2v) is 2.43. The van der Waals surface area contributed by atoms with Gasteiger partial charge < -0.3 is 15.5 Å². The summed E-state index contributed by atoms with van der Waals surface area (Å²) in [5.41, 5.74) is 0. The first-order chi connectivity index (χ1) is 5.16. The van der Waals surface area contributed by atoms with Crippen molar-refractivity contribution in [1.29, 1.82) is 0 Å². The number of rotatable bonds is 4. The Morgan fingerprint density at radius 3 is 2.73 bits per heavy atom. The van der Waals surface area contributed by atoms with E-state index in [0.29, 0.717) is 13.2 Å². The Balaban J connectivity index is 3.23. The molecule has 0 rings (SSSR count). The third kappa shape index (κ3) is 7.08. The van der Waals surface area contributed by atoms with Gasteiger partial charge in [0, 0.05) is 12.6 Å². The van der Waals surface area contributed by atoms with Gasteiger partial charge in [0.05, 0.1) is 6.61 Å². The molecular weight excluding hydrogens is 146 g/mol. The summed E-state index contributed by atoms with van der Waals surface area (Å²) in [6.07, 6.45) is 0. The summed E-state index contributed by atoms with van der Waals surface area (Å²) >= 11 is 0. The van der Waals surface area contributed by atoms with Crippen LogP contribution in [-0.4, -0.2) is 25.2 Å². The molecule has 0 bridgehead atoms. The molecule has 0 spiro atoms. The maximum absolute atomic E-state index is 10.8. The summed E-state index contributed by atoms with van der Waals surface area (Å²) in [5, 5.41) is 5.22. The molecule has 0 aromatic rings. The van der Waals surface area contributed by atoms with Crippen molar-refractivity contribution in [1.82, 2.24) is 10.6 Å². The molecule has 5 heteroatoms. The van der Waals surface area contributed by atoms with Gasteiger partial charge in [-0.25, -0.2) is 10.7 Å². The summed E-state index contributed by atoms with van der Waals surface area (Å²) < 4.78 is 0. The number of hydrogen-bond acceptors (Lipinski definition) is 3. The van der Waals surface area contributed by atoms with E-state index in [-0.39, 0.29) is 12.1 Å². The molecule has 0 aliphatic carbocycles. The molecule has 0 aromatic carbocycles. The van der Waals surface area contributed by atoms with Crippen molar-refractivity contribution < 1.29 is 9.63 Å². The van der Waals surface area contributed by atoms with E-state index in [1.807, 2.05) is 13.8 Å². The van der Waals surface area contributed by atoms with E-state index in [4.69, 9.17) is 5.90 Å². The van der Waals surface area contributed by atoms with Crippen LogP contribution in [0.2, 0.25) is 0 Å². The van der Waals surface area contributed by atoms with Crippen LogP contribution >= 0.6 is 0 Å². The second kappa shape index (κ2) is 5.94. The van der Waals surface area contributed by atoms with Crippen molar-refractivity contribution >= 4 is 6.03 Å². The molecule has 0 saturated heterocycles. The Hall–Kier alpha value is -0.810. The number of carbonyl (C=O) groups excluding carboxylic acids is 1. The van der Waals surface area contributed by atoms with Crippen molar-refractivity contribution in [3.63, 3.8) is 0 Å². The van der Waals surface area contributed by atoms with E-state index >= 15 is 0 Å². The number of urea groups is 1. The van der Waals surface area contributed by atoms with Crippen LogP contribution in [0.3, 0.4) is 0 Å². The Kier molecular flexibility index (Phi) is 5.50. The molecule has 0 atom stereocenters. The van der Waals surface area contributed by atoms with Gasteiger partial charge in [-0.1, -0.05) is 0 Å². The van der Waals surface area contributed by atoms with Crippen LogP contribution in [0, 0.1) is 0 Å². The zero-order valence-electron chi connectivity index (χ0n) is 6.89. The van der Waals surface area contributed by atoms with Crippen LogP contribution in [0.15, 0.2) is 0 Å². The maximum Gasteiger partial charge on any atom is 0.315 e. The van der Waals surface area contributed by atoms with Crippen molar-refractivity contribution in [2.24, 2.45) is 5.90 Å². The van der Waals surface area contributed by atoms with Crippen molar-refractivity contribution in [3.8, 4) is 0 Å². The summed E-state index contributed by atoms with van der Waals surface area (Å²) in [7, 11) is 0. The minimum Gasteiger partial charge on any atom is -0.336 e. The van der Waals surface area contributed by atoms with E-state index in [1.165, 1.54) is 0 Å². The van der Waals surface area contributed by atoms with Crippen LogP contribution in [-0.2, 0) is 4.84 Å². The summed E-state index contributed by atoms with van der Waals surface area (Å²) in [6.45, 7) is 4.53. The Morgan fingerprint density at radius 1 is 1.64 bits per heavy atom. The fourth-order valence-corrected chi connectivity index (χ4v) is 0.537. The van der Waals surface area contributed by atoms with Gasteiger partial charge in [-0.2, -0.15) is 0 Å². The molecule has 11 heavy (non-hydrogen) atoms. The Bertz CT molecular complexity index is 116.